The summed E-state index contributed by atoms with van der Waals surface area (Å²) in [6.07, 6.45) is 1.83. The minimum absolute atomic E-state index is 0.191. The van der Waals surface area contributed by atoms with E-state index < -0.39 is 0 Å². The second-order valence-electron chi connectivity index (χ2n) is 5.67. The van der Waals surface area contributed by atoms with Crippen molar-refractivity contribution in [2.45, 2.75) is 39.3 Å². The monoisotopic (exact) mass is 314 g/mol. The fourth-order valence-corrected chi connectivity index (χ4v) is 3.21. The molecule has 0 aromatic carbocycles. The molecule has 0 saturated carbocycles. The quantitative estimate of drug-likeness (QED) is 0.648. The molecule has 3 aromatic heterocycles. The molecule has 22 heavy (non-hydrogen) atoms. The van der Waals surface area contributed by atoms with Crippen LogP contribution in [0.1, 0.15) is 29.6 Å². The van der Waals surface area contributed by atoms with Gasteiger partial charge >= 0.3 is 0 Å². The molecule has 1 atom stereocenters. The first-order valence-corrected chi connectivity index (χ1v) is 8.54. The molecule has 116 valence electrons. The van der Waals surface area contributed by atoms with Gasteiger partial charge in [0.1, 0.15) is 0 Å². The maximum absolute atomic E-state index is 6.06. The van der Waals surface area contributed by atoms with E-state index >= 15 is 0 Å². The van der Waals surface area contributed by atoms with Gasteiger partial charge in [-0.25, -0.2) is 0 Å². The van der Waals surface area contributed by atoms with Gasteiger partial charge in [0.25, 0.3) is 0 Å². The highest BCUT2D eigenvalue weighted by atomic mass is 32.1. The topological polar surface area (TPSA) is 66.7 Å². The van der Waals surface area contributed by atoms with Gasteiger partial charge in [-0.05, 0) is 36.9 Å². The molecular weight excluding hydrogens is 292 g/mol. The first-order valence-electron chi connectivity index (χ1n) is 7.66. The Morgan fingerprint density at radius 2 is 2.27 bits per heavy atom. The fourth-order valence-electron chi connectivity index (χ4n) is 2.57. The Hall–Kier alpha value is -1.85. The van der Waals surface area contributed by atoms with Crippen LogP contribution >= 0.6 is 11.3 Å². The number of aryl methyl sites for hydroxylation is 1. The highest BCUT2D eigenvalue weighted by Crippen LogP contribution is 2.25. The van der Waals surface area contributed by atoms with Crippen LogP contribution in [0.4, 0.5) is 5.69 Å². The van der Waals surface area contributed by atoms with Gasteiger partial charge in [-0.1, -0.05) is 13.0 Å². The van der Waals surface area contributed by atoms with E-state index in [1.807, 2.05) is 6.92 Å². The predicted molar refractivity (Wildman–Crippen MR) is 94.4 cm³/mol. The van der Waals surface area contributed by atoms with E-state index in [2.05, 4.69) is 51.9 Å². The zero-order chi connectivity index (χ0) is 15.5. The lowest BCUT2D eigenvalue weighted by Crippen LogP contribution is -2.21. The maximum Gasteiger partial charge on any atom is 0.0906 e. The van der Waals surface area contributed by atoms with E-state index in [0.29, 0.717) is 0 Å². The number of nitrogens with zero attached hydrogens (tertiary/aromatic N) is 1. The van der Waals surface area contributed by atoms with Crippen LogP contribution in [0.25, 0.3) is 11.0 Å². The minimum atomic E-state index is 0.191. The first-order chi connectivity index (χ1) is 10.7. The van der Waals surface area contributed by atoms with E-state index in [1.165, 1.54) is 4.88 Å². The molecule has 0 unspecified atom stereocenters. The average molecular weight is 314 g/mol. The van der Waals surface area contributed by atoms with Crippen LogP contribution in [0, 0.1) is 6.92 Å². The molecule has 0 bridgehead atoms. The molecule has 0 fully saturated rings. The summed E-state index contributed by atoms with van der Waals surface area (Å²) in [5.41, 5.74) is 11.4. The van der Waals surface area contributed by atoms with Crippen LogP contribution in [0.5, 0.6) is 0 Å². The number of rotatable bonds is 6. The van der Waals surface area contributed by atoms with Crippen LogP contribution in [-0.2, 0) is 13.0 Å². The van der Waals surface area contributed by atoms with E-state index in [0.717, 1.165) is 47.5 Å². The lowest BCUT2D eigenvalue weighted by Gasteiger charge is -2.08. The third-order valence-electron chi connectivity index (χ3n) is 3.81. The Morgan fingerprint density at radius 1 is 1.41 bits per heavy atom. The van der Waals surface area contributed by atoms with Gasteiger partial charge in [0.15, 0.2) is 0 Å². The van der Waals surface area contributed by atoms with E-state index in [9.17, 15) is 0 Å². The molecule has 0 aliphatic rings. The van der Waals surface area contributed by atoms with Crippen LogP contribution in [0.15, 0.2) is 29.6 Å². The van der Waals surface area contributed by atoms with Crippen molar-refractivity contribution in [3.05, 3.63) is 45.9 Å². The molecule has 0 radical (unpaired) electrons. The highest BCUT2D eigenvalue weighted by molar-refractivity contribution is 7.09. The van der Waals surface area contributed by atoms with Gasteiger partial charge in [-0.15, -0.1) is 11.3 Å². The number of nitrogens with one attached hydrogen (secondary N) is 2. The second-order valence-corrected chi connectivity index (χ2v) is 6.70. The average Bonchev–Trinajstić information content (AvgIpc) is 3.13. The van der Waals surface area contributed by atoms with Crippen molar-refractivity contribution in [3.8, 4) is 0 Å². The number of hydrogen-bond donors (Lipinski definition) is 3. The van der Waals surface area contributed by atoms with Gasteiger partial charge in [0.2, 0.25) is 0 Å². The molecule has 5 heteroatoms. The first kappa shape index (κ1) is 15.1. The highest BCUT2D eigenvalue weighted by Gasteiger charge is 2.10. The number of H-pyrrole nitrogens is 1. The number of thiophene rings is 1. The number of pyridine rings is 1. The molecule has 0 aliphatic carbocycles. The third kappa shape index (κ3) is 3.31. The van der Waals surface area contributed by atoms with Gasteiger partial charge in [0.05, 0.1) is 16.7 Å². The van der Waals surface area contributed by atoms with Gasteiger partial charge in [-0.2, -0.15) is 0 Å². The summed E-state index contributed by atoms with van der Waals surface area (Å²) in [5.74, 6) is 0. The molecular formula is C17H22N4S. The lowest BCUT2D eigenvalue weighted by molar-refractivity contribution is 0.639. The van der Waals surface area contributed by atoms with Crippen LogP contribution in [-0.4, -0.2) is 16.0 Å². The summed E-state index contributed by atoms with van der Waals surface area (Å²) in [5, 5.41) is 5.62. The molecule has 3 aromatic rings. The number of aromatic nitrogens is 2. The molecule has 0 saturated heterocycles. The van der Waals surface area contributed by atoms with Gasteiger partial charge in [-0.3, -0.25) is 4.98 Å². The summed E-state index contributed by atoms with van der Waals surface area (Å²) < 4.78 is 0. The van der Waals surface area contributed by atoms with Crippen molar-refractivity contribution in [1.29, 1.82) is 0 Å². The normalized spacial score (nSPS) is 12.7. The zero-order valence-corrected chi connectivity index (χ0v) is 13.8. The van der Waals surface area contributed by atoms with E-state index in [4.69, 9.17) is 5.73 Å². The summed E-state index contributed by atoms with van der Waals surface area (Å²) in [6, 6.07) is 8.62. The SMILES string of the molecule is CC[C@H](N)Cc1cc2nc(C)cc(NCc3cccs3)c2[nH]1. The van der Waals surface area contributed by atoms with Crippen molar-refractivity contribution < 1.29 is 0 Å². The minimum Gasteiger partial charge on any atom is -0.378 e. The zero-order valence-electron chi connectivity index (χ0n) is 13.0. The Morgan fingerprint density at radius 3 is 3.00 bits per heavy atom. The predicted octanol–water partition coefficient (Wildman–Crippen LogP) is 3.82. The fraction of sp³-hybridized carbons (Fsp3) is 0.353. The van der Waals surface area contributed by atoms with Gasteiger partial charge in [0, 0.05) is 35.3 Å². The summed E-state index contributed by atoms with van der Waals surface area (Å²) in [4.78, 5) is 9.43. The molecule has 3 heterocycles. The van der Waals surface area contributed by atoms with Gasteiger partial charge < -0.3 is 16.0 Å². The second kappa shape index (κ2) is 6.50. The maximum atomic E-state index is 6.06. The molecule has 4 nitrogen and oxygen atoms in total. The van der Waals surface area contributed by atoms with Crippen molar-refractivity contribution >= 4 is 28.1 Å². The largest absolute Gasteiger partial charge is 0.378 e. The number of fused-ring (bicyclic) bond motifs is 1. The third-order valence-corrected chi connectivity index (χ3v) is 4.69. The summed E-state index contributed by atoms with van der Waals surface area (Å²) in [7, 11) is 0. The molecule has 0 amide bonds. The standard InChI is InChI=1S/C17H22N4S/c1-3-12(18)8-13-9-16-17(21-13)15(7-11(2)20-16)19-10-14-5-4-6-22-14/h4-7,9,12,21H,3,8,10,18H2,1-2H3,(H,19,20)/t12-/m0/s1. The number of hydrogen-bond acceptors (Lipinski definition) is 4. The number of aromatic amines is 1. The smallest absolute Gasteiger partial charge is 0.0906 e. The Kier molecular flexibility index (Phi) is 4.45. The lowest BCUT2D eigenvalue weighted by atomic mass is 10.1. The molecule has 3 rings (SSSR count). The molecule has 4 N–H and O–H groups in total. The van der Waals surface area contributed by atoms with Crippen LogP contribution < -0.4 is 11.1 Å². The Bertz CT molecular complexity index is 745. The Balaban J connectivity index is 1.87. The summed E-state index contributed by atoms with van der Waals surface area (Å²) >= 11 is 1.76. The van der Waals surface area contributed by atoms with E-state index in [1.54, 1.807) is 11.3 Å². The van der Waals surface area contributed by atoms with Crippen molar-refractivity contribution in [3.63, 3.8) is 0 Å². The van der Waals surface area contributed by atoms with Crippen molar-refractivity contribution in [1.82, 2.24) is 9.97 Å². The Labute approximate surface area is 134 Å². The summed E-state index contributed by atoms with van der Waals surface area (Å²) in [6.45, 7) is 4.98. The molecule has 0 spiro atoms. The number of anilines is 1. The molecule has 0 aliphatic heterocycles. The van der Waals surface area contributed by atoms with E-state index in [-0.39, 0.29) is 6.04 Å². The van der Waals surface area contributed by atoms with Crippen LogP contribution in [0.3, 0.4) is 0 Å². The van der Waals surface area contributed by atoms with Crippen molar-refractivity contribution in [2.75, 3.05) is 5.32 Å². The van der Waals surface area contributed by atoms with Crippen LogP contribution in [0.2, 0.25) is 0 Å². The van der Waals surface area contributed by atoms with Crippen molar-refractivity contribution in [2.24, 2.45) is 5.73 Å². The number of nitrogens with two attached hydrogens (primary N) is 1.